The number of benzene rings is 1. The van der Waals surface area contributed by atoms with Crippen LogP contribution >= 0.6 is 0 Å². The van der Waals surface area contributed by atoms with Crippen LogP contribution in [0.1, 0.15) is 37.0 Å². The summed E-state index contributed by atoms with van der Waals surface area (Å²) < 4.78 is 5.73. The minimum absolute atomic E-state index is 0.0430. The zero-order valence-corrected chi connectivity index (χ0v) is 15.1. The Morgan fingerprint density at radius 2 is 1.76 bits per heavy atom. The van der Waals surface area contributed by atoms with Gasteiger partial charge in [0.1, 0.15) is 12.4 Å². The smallest absolute Gasteiger partial charge is 0.306 e. The van der Waals surface area contributed by atoms with Crippen LogP contribution in [0.3, 0.4) is 0 Å². The lowest BCUT2D eigenvalue weighted by molar-refractivity contribution is -0.143. The van der Waals surface area contributed by atoms with Gasteiger partial charge in [0.2, 0.25) is 0 Å². The van der Waals surface area contributed by atoms with Crippen molar-refractivity contribution in [1.29, 1.82) is 0 Å². The number of amides is 1. The molecule has 1 fully saturated rings. The molecule has 0 bridgehead atoms. The number of carboxylic acid groups (broad SMARTS) is 1. The van der Waals surface area contributed by atoms with E-state index in [0.29, 0.717) is 38.1 Å². The van der Waals surface area contributed by atoms with Gasteiger partial charge in [-0.15, -0.1) is 0 Å². The fourth-order valence-corrected chi connectivity index (χ4v) is 3.04. The van der Waals surface area contributed by atoms with E-state index in [2.05, 4.69) is 18.7 Å². The molecule has 0 aromatic heterocycles. The van der Waals surface area contributed by atoms with E-state index in [4.69, 9.17) is 9.84 Å². The number of aliphatic carboxylic acids is 1. The van der Waals surface area contributed by atoms with E-state index >= 15 is 0 Å². The first-order chi connectivity index (χ1) is 12.0. The number of carbonyl (C=O) groups excluding carboxylic acids is 1. The van der Waals surface area contributed by atoms with E-state index in [1.54, 1.807) is 17.0 Å². The molecule has 1 aliphatic rings. The highest BCUT2D eigenvalue weighted by Gasteiger charge is 2.27. The number of carboxylic acids is 1. The first-order valence-electron chi connectivity index (χ1n) is 9.02. The molecule has 0 aliphatic carbocycles. The first-order valence-corrected chi connectivity index (χ1v) is 9.02. The van der Waals surface area contributed by atoms with E-state index < -0.39 is 5.97 Å². The molecule has 1 aliphatic heterocycles. The van der Waals surface area contributed by atoms with Crippen molar-refractivity contribution in [2.75, 3.05) is 39.3 Å². The third kappa shape index (κ3) is 5.46. The third-order valence-electron chi connectivity index (χ3n) is 4.80. The van der Waals surface area contributed by atoms with Crippen molar-refractivity contribution in [3.05, 3.63) is 29.8 Å². The molecule has 0 unspecified atom stereocenters. The number of likely N-dealkylation sites (N-methyl/N-ethyl adjacent to an activating group) is 1. The molecule has 6 heteroatoms. The predicted octanol–water partition coefficient (Wildman–Crippen LogP) is 2.34. The molecule has 1 amide bonds. The maximum Gasteiger partial charge on any atom is 0.306 e. The number of rotatable bonds is 8. The van der Waals surface area contributed by atoms with Gasteiger partial charge in [-0.25, -0.2) is 0 Å². The van der Waals surface area contributed by atoms with E-state index in [0.717, 1.165) is 25.4 Å². The van der Waals surface area contributed by atoms with Crippen molar-refractivity contribution in [2.45, 2.75) is 26.7 Å². The SMILES string of the molecule is CCN(CC)CCOc1ccc(C(=O)N2CCC(C(=O)O)CC2)cc1. The Morgan fingerprint density at radius 1 is 1.16 bits per heavy atom. The Morgan fingerprint density at radius 3 is 2.28 bits per heavy atom. The molecule has 25 heavy (non-hydrogen) atoms. The molecular weight excluding hydrogens is 320 g/mol. The van der Waals surface area contributed by atoms with E-state index in [1.807, 2.05) is 12.1 Å². The molecule has 0 saturated carbocycles. The van der Waals surface area contributed by atoms with Crippen LogP contribution in [-0.4, -0.2) is 66.1 Å². The number of ether oxygens (including phenoxy) is 1. The van der Waals surface area contributed by atoms with Crippen molar-refractivity contribution in [3.8, 4) is 5.75 Å². The highest BCUT2D eigenvalue weighted by molar-refractivity contribution is 5.94. The predicted molar refractivity (Wildman–Crippen MR) is 96.0 cm³/mol. The van der Waals surface area contributed by atoms with Gasteiger partial charge in [-0.05, 0) is 50.2 Å². The van der Waals surface area contributed by atoms with Gasteiger partial charge in [0.25, 0.3) is 5.91 Å². The number of likely N-dealkylation sites (tertiary alicyclic amines) is 1. The number of nitrogens with zero attached hydrogens (tertiary/aromatic N) is 2. The lowest BCUT2D eigenvalue weighted by Gasteiger charge is -2.30. The number of carbonyl (C=O) groups is 2. The molecular formula is C19H28N2O4. The highest BCUT2D eigenvalue weighted by Crippen LogP contribution is 2.20. The van der Waals surface area contributed by atoms with Gasteiger partial charge < -0.3 is 19.6 Å². The minimum atomic E-state index is -0.765. The summed E-state index contributed by atoms with van der Waals surface area (Å²) in [6.45, 7) is 8.77. The molecule has 6 nitrogen and oxygen atoms in total. The summed E-state index contributed by atoms with van der Waals surface area (Å²) >= 11 is 0. The lowest BCUT2D eigenvalue weighted by Crippen LogP contribution is -2.40. The van der Waals surface area contributed by atoms with Crippen LogP contribution in [0, 0.1) is 5.92 Å². The first kappa shape index (κ1) is 19.2. The lowest BCUT2D eigenvalue weighted by atomic mass is 9.96. The van der Waals surface area contributed by atoms with E-state index in [-0.39, 0.29) is 11.8 Å². The van der Waals surface area contributed by atoms with Crippen LogP contribution < -0.4 is 4.74 Å². The number of hydrogen-bond donors (Lipinski definition) is 1. The molecule has 0 radical (unpaired) electrons. The quantitative estimate of drug-likeness (QED) is 0.781. The Kier molecular flexibility index (Phi) is 7.25. The standard InChI is InChI=1S/C19H28N2O4/c1-3-20(4-2)13-14-25-17-7-5-15(6-8-17)18(22)21-11-9-16(10-12-21)19(23)24/h5-8,16H,3-4,9-14H2,1-2H3,(H,23,24). The molecule has 0 spiro atoms. The van der Waals surface area contributed by atoms with Gasteiger partial charge in [-0.1, -0.05) is 13.8 Å². The molecule has 138 valence electrons. The molecule has 1 N–H and O–H groups in total. The van der Waals surface area contributed by atoms with Crippen LogP contribution in [0.2, 0.25) is 0 Å². The summed E-state index contributed by atoms with van der Waals surface area (Å²) in [6.07, 6.45) is 1.04. The summed E-state index contributed by atoms with van der Waals surface area (Å²) in [5.74, 6) is -0.379. The maximum atomic E-state index is 12.5. The second-order valence-corrected chi connectivity index (χ2v) is 6.30. The summed E-state index contributed by atoms with van der Waals surface area (Å²) in [5.41, 5.74) is 0.616. The van der Waals surface area contributed by atoms with Gasteiger partial charge >= 0.3 is 5.97 Å². The highest BCUT2D eigenvalue weighted by atomic mass is 16.5. The zero-order valence-electron chi connectivity index (χ0n) is 15.1. The van der Waals surface area contributed by atoms with Crippen LogP contribution in [0.4, 0.5) is 0 Å². The molecule has 1 aromatic carbocycles. The van der Waals surface area contributed by atoms with Crippen molar-refractivity contribution >= 4 is 11.9 Å². The fraction of sp³-hybridized carbons (Fsp3) is 0.579. The van der Waals surface area contributed by atoms with Gasteiger partial charge in [0, 0.05) is 25.2 Å². The zero-order chi connectivity index (χ0) is 18.2. The molecule has 1 saturated heterocycles. The topological polar surface area (TPSA) is 70.1 Å². The molecule has 0 atom stereocenters. The Balaban J connectivity index is 1.83. The summed E-state index contributed by atoms with van der Waals surface area (Å²) in [5, 5.41) is 9.03. The van der Waals surface area contributed by atoms with Gasteiger partial charge in [0.15, 0.2) is 0 Å². The summed E-state index contributed by atoms with van der Waals surface area (Å²) in [7, 11) is 0. The van der Waals surface area contributed by atoms with Gasteiger partial charge in [-0.2, -0.15) is 0 Å². The van der Waals surface area contributed by atoms with E-state index in [1.165, 1.54) is 0 Å². The van der Waals surface area contributed by atoms with Crippen molar-refractivity contribution in [1.82, 2.24) is 9.80 Å². The molecule has 2 rings (SSSR count). The molecule has 1 aromatic rings. The van der Waals surface area contributed by atoms with Crippen molar-refractivity contribution < 1.29 is 19.4 Å². The van der Waals surface area contributed by atoms with Crippen molar-refractivity contribution in [3.63, 3.8) is 0 Å². The van der Waals surface area contributed by atoms with Crippen LogP contribution in [0.5, 0.6) is 5.75 Å². The Hall–Kier alpha value is -2.08. The fourth-order valence-electron chi connectivity index (χ4n) is 3.04. The largest absolute Gasteiger partial charge is 0.492 e. The second-order valence-electron chi connectivity index (χ2n) is 6.30. The van der Waals surface area contributed by atoms with E-state index in [9.17, 15) is 9.59 Å². The van der Waals surface area contributed by atoms with Crippen molar-refractivity contribution in [2.24, 2.45) is 5.92 Å². The number of piperidine rings is 1. The summed E-state index contributed by atoms with van der Waals surface area (Å²) in [6, 6.07) is 7.19. The van der Waals surface area contributed by atoms with Crippen LogP contribution in [0.15, 0.2) is 24.3 Å². The maximum absolute atomic E-state index is 12.5. The van der Waals surface area contributed by atoms with Crippen LogP contribution in [0.25, 0.3) is 0 Å². The average molecular weight is 348 g/mol. The average Bonchev–Trinajstić information content (AvgIpc) is 2.65. The van der Waals surface area contributed by atoms with Gasteiger partial charge in [-0.3, -0.25) is 9.59 Å². The summed E-state index contributed by atoms with van der Waals surface area (Å²) in [4.78, 5) is 27.5. The minimum Gasteiger partial charge on any atom is -0.492 e. The number of hydrogen-bond acceptors (Lipinski definition) is 4. The molecule has 1 heterocycles. The second kappa shape index (κ2) is 9.42. The third-order valence-corrected chi connectivity index (χ3v) is 4.80. The van der Waals surface area contributed by atoms with Gasteiger partial charge in [0.05, 0.1) is 5.92 Å². The Labute approximate surface area is 149 Å². The van der Waals surface area contributed by atoms with Crippen LogP contribution in [-0.2, 0) is 4.79 Å². The monoisotopic (exact) mass is 348 g/mol. The Bertz CT molecular complexity index is 561. The normalized spacial score (nSPS) is 15.4.